The molecule has 1 heterocycles. The van der Waals surface area contributed by atoms with Crippen LogP contribution in [0.15, 0.2) is 23.1 Å². The van der Waals surface area contributed by atoms with Crippen molar-refractivity contribution in [2.45, 2.75) is 39.0 Å². The summed E-state index contributed by atoms with van der Waals surface area (Å²) in [5.74, 6) is 0.409. The first kappa shape index (κ1) is 15.3. The number of nitrogen functional groups attached to an aromatic ring is 1. The van der Waals surface area contributed by atoms with Crippen molar-refractivity contribution in [1.82, 2.24) is 4.31 Å². The van der Waals surface area contributed by atoms with E-state index in [-0.39, 0.29) is 5.41 Å². The summed E-state index contributed by atoms with van der Waals surface area (Å²) in [4.78, 5) is 0.346. The number of nitrogens with two attached hydrogens (primary N) is 1. The largest absolute Gasteiger partial charge is 0.399 e. The van der Waals surface area contributed by atoms with Gasteiger partial charge in [0.1, 0.15) is 0 Å². The molecule has 0 amide bonds. The maximum Gasteiger partial charge on any atom is 0.243 e. The quantitative estimate of drug-likeness (QED) is 0.853. The summed E-state index contributed by atoms with van der Waals surface area (Å²) in [5, 5.41) is 0. The second-order valence-corrected chi connectivity index (χ2v) is 8.67. The van der Waals surface area contributed by atoms with Crippen LogP contribution in [-0.4, -0.2) is 25.8 Å². The molecule has 112 valence electrons. The Morgan fingerprint density at radius 3 is 2.45 bits per heavy atom. The zero-order valence-electron chi connectivity index (χ0n) is 12.7. The third kappa shape index (κ3) is 2.83. The Balaban J connectivity index is 2.26. The smallest absolute Gasteiger partial charge is 0.243 e. The van der Waals surface area contributed by atoms with E-state index in [0.29, 0.717) is 29.6 Å². The van der Waals surface area contributed by atoms with Gasteiger partial charge in [-0.3, -0.25) is 0 Å². The molecule has 1 aromatic carbocycles. The van der Waals surface area contributed by atoms with E-state index >= 15 is 0 Å². The Hall–Kier alpha value is -1.07. The van der Waals surface area contributed by atoms with Crippen LogP contribution in [0.2, 0.25) is 0 Å². The van der Waals surface area contributed by atoms with Gasteiger partial charge in [-0.25, -0.2) is 8.42 Å². The number of hydrogen-bond acceptors (Lipinski definition) is 3. The van der Waals surface area contributed by atoms with Crippen LogP contribution in [0.5, 0.6) is 0 Å². The summed E-state index contributed by atoms with van der Waals surface area (Å²) in [5.41, 5.74) is 7.32. The molecule has 0 saturated carbocycles. The number of rotatable bonds is 2. The minimum absolute atomic E-state index is 0.140. The van der Waals surface area contributed by atoms with Crippen LogP contribution in [0.4, 0.5) is 5.69 Å². The van der Waals surface area contributed by atoms with E-state index in [1.807, 2.05) is 6.92 Å². The number of aryl methyl sites for hydroxylation is 1. The molecular weight excluding hydrogens is 272 g/mol. The van der Waals surface area contributed by atoms with E-state index in [2.05, 4.69) is 20.8 Å². The van der Waals surface area contributed by atoms with Gasteiger partial charge in [0.15, 0.2) is 0 Å². The third-order valence-corrected chi connectivity index (χ3v) is 6.12. The van der Waals surface area contributed by atoms with Gasteiger partial charge in [-0.15, -0.1) is 0 Å². The molecule has 1 fully saturated rings. The van der Waals surface area contributed by atoms with Gasteiger partial charge in [0.2, 0.25) is 10.0 Å². The second-order valence-electron chi connectivity index (χ2n) is 6.73. The van der Waals surface area contributed by atoms with Gasteiger partial charge in [-0.05, 0) is 48.4 Å². The van der Waals surface area contributed by atoms with Crippen molar-refractivity contribution in [1.29, 1.82) is 0 Å². The summed E-state index contributed by atoms with van der Waals surface area (Å²) < 4.78 is 26.9. The van der Waals surface area contributed by atoms with Gasteiger partial charge < -0.3 is 5.73 Å². The lowest BCUT2D eigenvalue weighted by Crippen LogP contribution is -2.31. The van der Waals surface area contributed by atoms with Crippen molar-refractivity contribution in [2.75, 3.05) is 18.8 Å². The second kappa shape index (κ2) is 5.04. The van der Waals surface area contributed by atoms with Gasteiger partial charge in [0, 0.05) is 18.8 Å². The number of nitrogens with zero attached hydrogens (tertiary/aromatic N) is 1. The van der Waals surface area contributed by atoms with E-state index in [9.17, 15) is 8.42 Å². The topological polar surface area (TPSA) is 63.4 Å². The van der Waals surface area contributed by atoms with Gasteiger partial charge >= 0.3 is 0 Å². The molecule has 2 N–H and O–H groups in total. The fourth-order valence-corrected chi connectivity index (χ4v) is 4.20. The third-order valence-electron chi connectivity index (χ3n) is 4.25. The predicted molar refractivity (Wildman–Crippen MR) is 81.9 cm³/mol. The highest BCUT2D eigenvalue weighted by molar-refractivity contribution is 7.89. The minimum atomic E-state index is -3.39. The van der Waals surface area contributed by atoms with Crippen molar-refractivity contribution >= 4 is 15.7 Å². The predicted octanol–water partition coefficient (Wildman–Crippen LogP) is 2.63. The van der Waals surface area contributed by atoms with Crippen LogP contribution in [0.1, 0.15) is 32.8 Å². The van der Waals surface area contributed by atoms with E-state index in [0.717, 1.165) is 12.0 Å². The lowest BCUT2D eigenvalue weighted by atomic mass is 9.80. The molecule has 1 saturated heterocycles. The summed E-state index contributed by atoms with van der Waals surface area (Å²) in [6, 6.07) is 4.93. The molecular formula is C15H24N2O2S. The zero-order chi connectivity index (χ0) is 15.1. The molecule has 0 radical (unpaired) electrons. The first-order chi connectivity index (χ1) is 9.12. The first-order valence-electron chi connectivity index (χ1n) is 6.98. The molecule has 1 aliphatic heterocycles. The van der Waals surface area contributed by atoms with Crippen LogP contribution in [0.25, 0.3) is 0 Å². The molecule has 2 rings (SSSR count). The van der Waals surface area contributed by atoms with E-state index < -0.39 is 10.0 Å². The lowest BCUT2D eigenvalue weighted by Gasteiger charge is -2.26. The molecule has 0 bridgehead atoms. The van der Waals surface area contributed by atoms with Gasteiger partial charge in [-0.1, -0.05) is 20.8 Å². The van der Waals surface area contributed by atoms with E-state index in [1.165, 1.54) is 0 Å². The van der Waals surface area contributed by atoms with Crippen molar-refractivity contribution in [3.63, 3.8) is 0 Å². The van der Waals surface area contributed by atoms with Crippen molar-refractivity contribution in [3.8, 4) is 0 Å². The highest BCUT2D eigenvalue weighted by Gasteiger charge is 2.37. The average Bonchev–Trinajstić information content (AvgIpc) is 2.82. The highest BCUT2D eigenvalue weighted by atomic mass is 32.2. The van der Waals surface area contributed by atoms with Crippen LogP contribution in [0.3, 0.4) is 0 Å². The zero-order valence-corrected chi connectivity index (χ0v) is 13.5. The van der Waals surface area contributed by atoms with Gasteiger partial charge in [0.05, 0.1) is 4.90 Å². The maximum atomic E-state index is 12.7. The Morgan fingerprint density at radius 1 is 1.30 bits per heavy atom. The van der Waals surface area contributed by atoms with Crippen LogP contribution < -0.4 is 5.73 Å². The molecule has 1 aromatic rings. The molecule has 20 heavy (non-hydrogen) atoms. The minimum Gasteiger partial charge on any atom is -0.399 e. The molecule has 4 nitrogen and oxygen atoms in total. The number of benzene rings is 1. The summed E-state index contributed by atoms with van der Waals surface area (Å²) in [7, 11) is -3.39. The average molecular weight is 296 g/mol. The maximum absolute atomic E-state index is 12.7. The molecule has 0 aromatic heterocycles. The summed E-state index contributed by atoms with van der Waals surface area (Å²) in [6.45, 7) is 9.54. The van der Waals surface area contributed by atoms with Gasteiger partial charge in [0.25, 0.3) is 0 Å². The fraction of sp³-hybridized carbons (Fsp3) is 0.600. The summed E-state index contributed by atoms with van der Waals surface area (Å²) in [6.07, 6.45) is 0.927. The van der Waals surface area contributed by atoms with Crippen LogP contribution in [0, 0.1) is 18.3 Å². The Kier molecular flexibility index (Phi) is 3.86. The van der Waals surface area contributed by atoms with Crippen molar-refractivity contribution in [2.24, 2.45) is 11.3 Å². The normalized spacial score (nSPS) is 21.3. The van der Waals surface area contributed by atoms with Crippen LogP contribution >= 0.6 is 0 Å². The molecule has 1 atom stereocenters. The van der Waals surface area contributed by atoms with E-state index in [4.69, 9.17) is 5.73 Å². The number of anilines is 1. The first-order valence-corrected chi connectivity index (χ1v) is 8.42. The molecule has 5 heteroatoms. The Bertz CT molecular complexity index is 603. The monoisotopic (exact) mass is 296 g/mol. The number of sulfonamides is 1. The Labute approximate surface area is 122 Å². The van der Waals surface area contributed by atoms with Crippen molar-refractivity contribution in [3.05, 3.63) is 23.8 Å². The molecule has 1 unspecified atom stereocenters. The Morgan fingerprint density at radius 2 is 1.95 bits per heavy atom. The molecule has 0 spiro atoms. The van der Waals surface area contributed by atoms with E-state index in [1.54, 1.807) is 22.5 Å². The fourth-order valence-electron chi connectivity index (χ4n) is 2.61. The highest BCUT2D eigenvalue weighted by Crippen LogP contribution is 2.36. The van der Waals surface area contributed by atoms with Crippen molar-refractivity contribution < 1.29 is 8.42 Å². The number of hydrogen-bond donors (Lipinski definition) is 1. The van der Waals surface area contributed by atoms with Crippen LogP contribution in [-0.2, 0) is 10.0 Å². The lowest BCUT2D eigenvalue weighted by molar-refractivity contribution is 0.252. The SMILES string of the molecule is Cc1cc(S(=O)(=O)N2CCC(C(C)(C)C)C2)ccc1N. The summed E-state index contributed by atoms with van der Waals surface area (Å²) >= 11 is 0. The standard InChI is InChI=1S/C15H24N2O2S/c1-11-9-13(5-6-14(11)16)20(18,19)17-8-7-12(10-17)15(2,3)4/h5-6,9,12H,7-8,10,16H2,1-4H3. The molecule has 0 aliphatic carbocycles. The molecule has 1 aliphatic rings. The van der Waals surface area contributed by atoms with Gasteiger partial charge in [-0.2, -0.15) is 4.31 Å².